The highest BCUT2D eigenvalue weighted by molar-refractivity contribution is 7.16. The molecule has 0 radical (unpaired) electrons. The normalized spacial score (nSPS) is 16.2. The number of carbonyl (C=O) groups is 1. The first kappa shape index (κ1) is 23.0. The Morgan fingerprint density at radius 3 is 2.59 bits per heavy atom. The lowest BCUT2D eigenvalue weighted by Crippen LogP contribution is -2.27. The van der Waals surface area contributed by atoms with E-state index >= 15 is 0 Å². The number of anilines is 1. The van der Waals surface area contributed by atoms with Crippen molar-refractivity contribution in [2.75, 3.05) is 5.32 Å². The summed E-state index contributed by atoms with van der Waals surface area (Å²) in [6.07, 6.45) is 4.66. The standard InChI is InChI=1S/C26H26Cl2N2OS/c1-26(2,3)17-10-12-20-22(13-17)32-25(29-15-16-9-11-18(27)14-21(16)28)23(20)24(31)30-19-7-5-4-6-8-19/h4-9,11,14-15,17H,10,12-13H2,1-3H3,(H,30,31)/t17-/m0/s1. The lowest BCUT2D eigenvalue weighted by molar-refractivity contribution is 0.102. The number of fused-ring (bicyclic) bond motifs is 1. The van der Waals surface area contributed by atoms with Crippen LogP contribution in [0.5, 0.6) is 0 Å². The van der Waals surface area contributed by atoms with E-state index in [4.69, 9.17) is 28.2 Å². The fourth-order valence-corrected chi connectivity index (χ4v) is 5.81. The Morgan fingerprint density at radius 1 is 1.16 bits per heavy atom. The van der Waals surface area contributed by atoms with Gasteiger partial charge in [-0.25, -0.2) is 4.99 Å². The van der Waals surface area contributed by atoms with Crippen LogP contribution in [0.3, 0.4) is 0 Å². The monoisotopic (exact) mass is 484 g/mol. The first-order valence-corrected chi connectivity index (χ1v) is 12.3. The molecule has 0 fully saturated rings. The highest BCUT2D eigenvalue weighted by Gasteiger charge is 2.33. The topological polar surface area (TPSA) is 41.5 Å². The van der Waals surface area contributed by atoms with Crippen LogP contribution in [-0.4, -0.2) is 12.1 Å². The Hall–Kier alpha value is -2.14. The summed E-state index contributed by atoms with van der Waals surface area (Å²) in [6.45, 7) is 6.88. The quantitative estimate of drug-likeness (QED) is 0.372. The van der Waals surface area contributed by atoms with Crippen molar-refractivity contribution in [3.05, 3.63) is 80.1 Å². The number of halogens is 2. The third-order valence-electron chi connectivity index (χ3n) is 6.01. The number of aliphatic imine (C=N–C) groups is 1. The smallest absolute Gasteiger partial charge is 0.259 e. The second-order valence-electron chi connectivity index (χ2n) is 9.23. The van der Waals surface area contributed by atoms with Crippen LogP contribution in [0.15, 0.2) is 53.5 Å². The van der Waals surface area contributed by atoms with Crippen molar-refractivity contribution in [1.29, 1.82) is 0 Å². The maximum Gasteiger partial charge on any atom is 0.259 e. The zero-order chi connectivity index (χ0) is 22.9. The molecule has 0 spiro atoms. The predicted octanol–water partition coefficient (Wildman–Crippen LogP) is 8.21. The van der Waals surface area contributed by atoms with Crippen molar-refractivity contribution < 1.29 is 4.79 Å². The number of carbonyl (C=O) groups excluding carboxylic acids is 1. The number of nitrogens with one attached hydrogen (secondary N) is 1. The van der Waals surface area contributed by atoms with E-state index in [-0.39, 0.29) is 11.3 Å². The van der Waals surface area contributed by atoms with Crippen LogP contribution in [0, 0.1) is 11.3 Å². The molecule has 4 rings (SSSR count). The molecule has 3 aromatic rings. The van der Waals surface area contributed by atoms with Crippen LogP contribution in [0.1, 0.15) is 53.6 Å². The van der Waals surface area contributed by atoms with Gasteiger partial charge in [0.1, 0.15) is 5.00 Å². The maximum atomic E-state index is 13.3. The zero-order valence-electron chi connectivity index (χ0n) is 18.4. The first-order chi connectivity index (χ1) is 15.2. The Labute approximate surface area is 203 Å². The van der Waals surface area contributed by atoms with E-state index in [1.165, 1.54) is 4.88 Å². The molecule has 6 heteroatoms. The minimum atomic E-state index is -0.114. The number of benzene rings is 2. The number of rotatable bonds is 4. The van der Waals surface area contributed by atoms with E-state index in [1.807, 2.05) is 36.4 Å². The highest BCUT2D eigenvalue weighted by atomic mass is 35.5. The summed E-state index contributed by atoms with van der Waals surface area (Å²) in [5, 5.41) is 4.88. The number of nitrogens with zero attached hydrogens (tertiary/aromatic N) is 1. The van der Waals surface area contributed by atoms with Gasteiger partial charge in [0, 0.05) is 27.4 Å². The van der Waals surface area contributed by atoms with Gasteiger partial charge >= 0.3 is 0 Å². The van der Waals surface area contributed by atoms with Gasteiger partial charge in [-0.2, -0.15) is 0 Å². The Morgan fingerprint density at radius 2 is 1.91 bits per heavy atom. The average Bonchev–Trinajstić information content (AvgIpc) is 3.11. The van der Waals surface area contributed by atoms with E-state index in [9.17, 15) is 4.79 Å². The number of hydrogen-bond donors (Lipinski definition) is 1. The van der Waals surface area contributed by atoms with Gasteiger partial charge in [-0.15, -0.1) is 11.3 Å². The molecule has 0 bridgehead atoms. The SMILES string of the molecule is CC(C)(C)[C@H]1CCc2c(sc(N=Cc3ccc(Cl)cc3Cl)c2C(=O)Nc2ccccc2)C1. The maximum absolute atomic E-state index is 13.3. The van der Waals surface area contributed by atoms with Crippen molar-refractivity contribution >= 4 is 57.3 Å². The van der Waals surface area contributed by atoms with Crippen molar-refractivity contribution in [3.8, 4) is 0 Å². The molecule has 0 unspecified atom stereocenters. The van der Waals surface area contributed by atoms with Gasteiger partial charge < -0.3 is 5.32 Å². The summed E-state index contributed by atoms with van der Waals surface area (Å²) >= 11 is 14.0. The van der Waals surface area contributed by atoms with Gasteiger partial charge in [-0.3, -0.25) is 4.79 Å². The molecule has 0 saturated carbocycles. The summed E-state index contributed by atoms with van der Waals surface area (Å²) < 4.78 is 0. The van der Waals surface area contributed by atoms with Gasteiger partial charge in [0.05, 0.1) is 10.6 Å². The third kappa shape index (κ3) is 5.09. The second kappa shape index (κ2) is 9.38. The number of hydrogen-bond acceptors (Lipinski definition) is 3. The lowest BCUT2D eigenvalue weighted by atomic mass is 9.72. The third-order valence-corrected chi connectivity index (χ3v) is 7.74. The summed E-state index contributed by atoms with van der Waals surface area (Å²) in [7, 11) is 0. The van der Waals surface area contributed by atoms with E-state index in [1.54, 1.807) is 29.7 Å². The Kier molecular flexibility index (Phi) is 6.75. The minimum absolute atomic E-state index is 0.114. The van der Waals surface area contributed by atoms with E-state index < -0.39 is 0 Å². The Balaban J connectivity index is 1.72. The van der Waals surface area contributed by atoms with E-state index in [0.717, 1.165) is 41.1 Å². The molecule has 1 N–H and O–H groups in total. The fourth-order valence-electron chi connectivity index (χ4n) is 4.09. The van der Waals surface area contributed by atoms with Gasteiger partial charge in [-0.05, 0) is 60.4 Å². The molecule has 3 nitrogen and oxygen atoms in total. The minimum Gasteiger partial charge on any atom is -0.322 e. The molecule has 32 heavy (non-hydrogen) atoms. The molecular formula is C26H26Cl2N2OS. The molecule has 1 amide bonds. The zero-order valence-corrected chi connectivity index (χ0v) is 20.7. The largest absolute Gasteiger partial charge is 0.322 e. The molecular weight excluding hydrogens is 459 g/mol. The van der Waals surface area contributed by atoms with Gasteiger partial charge in [0.2, 0.25) is 0 Å². The molecule has 1 heterocycles. The van der Waals surface area contributed by atoms with Crippen molar-refractivity contribution in [1.82, 2.24) is 0 Å². The van der Waals surface area contributed by atoms with Crippen LogP contribution < -0.4 is 5.32 Å². The molecule has 1 aliphatic rings. The predicted molar refractivity (Wildman–Crippen MR) is 137 cm³/mol. The van der Waals surface area contributed by atoms with Crippen LogP contribution in [0.4, 0.5) is 10.7 Å². The molecule has 0 saturated heterocycles. The van der Waals surface area contributed by atoms with Crippen LogP contribution in [-0.2, 0) is 12.8 Å². The molecule has 2 aromatic carbocycles. The summed E-state index contributed by atoms with van der Waals surface area (Å²) in [5.41, 5.74) is 3.59. The molecule has 1 aliphatic carbocycles. The second-order valence-corrected chi connectivity index (χ2v) is 11.2. The van der Waals surface area contributed by atoms with Gasteiger partial charge in [-0.1, -0.05) is 68.2 Å². The van der Waals surface area contributed by atoms with Crippen LogP contribution >= 0.6 is 34.5 Å². The Bertz CT molecular complexity index is 1160. The van der Waals surface area contributed by atoms with E-state index in [2.05, 4.69) is 26.1 Å². The lowest BCUT2D eigenvalue weighted by Gasteiger charge is -2.33. The van der Waals surface area contributed by atoms with Crippen molar-refractivity contribution in [3.63, 3.8) is 0 Å². The van der Waals surface area contributed by atoms with Gasteiger partial charge in [0.25, 0.3) is 5.91 Å². The van der Waals surface area contributed by atoms with E-state index in [0.29, 0.717) is 21.5 Å². The number of thiophene rings is 1. The average molecular weight is 485 g/mol. The molecule has 1 atom stereocenters. The summed E-state index contributed by atoms with van der Waals surface area (Å²) in [6, 6.07) is 14.8. The number of para-hydroxylation sites is 1. The molecule has 1 aromatic heterocycles. The molecule has 166 valence electrons. The highest BCUT2D eigenvalue weighted by Crippen LogP contribution is 2.45. The van der Waals surface area contributed by atoms with Crippen molar-refractivity contribution in [2.45, 2.75) is 40.0 Å². The van der Waals surface area contributed by atoms with Crippen LogP contribution in [0.2, 0.25) is 10.0 Å². The van der Waals surface area contributed by atoms with Crippen LogP contribution in [0.25, 0.3) is 0 Å². The number of amides is 1. The molecule has 0 aliphatic heterocycles. The summed E-state index contributed by atoms with van der Waals surface area (Å²) in [4.78, 5) is 19.3. The van der Waals surface area contributed by atoms with Crippen molar-refractivity contribution in [2.24, 2.45) is 16.3 Å². The van der Waals surface area contributed by atoms with Gasteiger partial charge in [0.15, 0.2) is 0 Å². The first-order valence-electron chi connectivity index (χ1n) is 10.7. The fraction of sp³-hybridized carbons (Fsp3) is 0.308. The summed E-state index contributed by atoms with van der Waals surface area (Å²) in [5.74, 6) is 0.471.